The highest BCUT2D eigenvalue weighted by Crippen LogP contribution is 2.29. The lowest BCUT2D eigenvalue weighted by Crippen LogP contribution is -2.44. The molecule has 2 amide bonds. The first-order valence-electron chi connectivity index (χ1n) is 16.4. The van der Waals surface area contributed by atoms with Crippen LogP contribution in [0.1, 0.15) is 55.0 Å². The van der Waals surface area contributed by atoms with Gasteiger partial charge in [-0.25, -0.2) is 0 Å². The third-order valence-corrected chi connectivity index (χ3v) is 8.23. The first-order chi connectivity index (χ1) is 24.2. The number of amides is 2. The highest BCUT2D eigenvalue weighted by molar-refractivity contribution is 6.01. The molecule has 6 nitrogen and oxygen atoms in total. The van der Waals surface area contributed by atoms with Crippen LogP contribution in [0.25, 0.3) is 0 Å². The van der Waals surface area contributed by atoms with E-state index in [1.54, 1.807) is 29.2 Å². The second kappa shape index (κ2) is 17.2. The van der Waals surface area contributed by atoms with Gasteiger partial charge in [-0.15, -0.1) is 0 Å². The standard InChI is InChI=1S/C41H38F3N3O3/c42-41(43,44)36-21-10-18-33(24-36)26-45-27-38(48)37(23-22-30-12-4-1-5-13-30)46-39(49)34-19-11-20-35(25-34)40(50)47(28-31-14-6-2-7-15-31)29-32-16-8-3-9-17-32/h1-21,24-25,37,45H,22-23,26-29H2,(H,46,49)/t37-/m0/s1. The van der Waals surface area contributed by atoms with Crippen LogP contribution >= 0.6 is 0 Å². The summed E-state index contributed by atoms with van der Waals surface area (Å²) in [6, 6.07) is 39.3. The lowest BCUT2D eigenvalue weighted by atomic mass is 10.0. The summed E-state index contributed by atoms with van der Waals surface area (Å²) in [6.07, 6.45) is -3.65. The summed E-state index contributed by atoms with van der Waals surface area (Å²) in [5.74, 6) is -1.07. The van der Waals surface area contributed by atoms with Crippen molar-refractivity contribution in [3.63, 3.8) is 0 Å². The zero-order valence-corrected chi connectivity index (χ0v) is 27.4. The number of benzene rings is 5. The predicted octanol–water partition coefficient (Wildman–Crippen LogP) is 7.64. The van der Waals surface area contributed by atoms with E-state index in [1.807, 2.05) is 91.0 Å². The van der Waals surface area contributed by atoms with E-state index in [0.717, 1.165) is 28.8 Å². The topological polar surface area (TPSA) is 78.5 Å². The minimum Gasteiger partial charge on any atom is -0.342 e. The third kappa shape index (κ3) is 10.5. The molecule has 1 atom stereocenters. The van der Waals surface area contributed by atoms with Crippen LogP contribution in [0.5, 0.6) is 0 Å². The summed E-state index contributed by atoms with van der Waals surface area (Å²) in [7, 11) is 0. The Hall–Kier alpha value is -5.54. The van der Waals surface area contributed by atoms with Gasteiger partial charge in [0.2, 0.25) is 0 Å². The fourth-order valence-electron chi connectivity index (χ4n) is 5.60. The van der Waals surface area contributed by atoms with E-state index >= 15 is 0 Å². The van der Waals surface area contributed by atoms with E-state index in [-0.39, 0.29) is 30.3 Å². The number of alkyl halides is 3. The van der Waals surface area contributed by atoms with E-state index in [1.165, 1.54) is 12.1 Å². The van der Waals surface area contributed by atoms with Crippen LogP contribution < -0.4 is 10.6 Å². The Morgan fingerprint density at radius 2 is 1.16 bits per heavy atom. The number of nitrogens with one attached hydrogen (secondary N) is 2. The molecule has 0 unspecified atom stereocenters. The lowest BCUT2D eigenvalue weighted by molar-refractivity contribution is -0.137. The van der Waals surface area contributed by atoms with Gasteiger partial charge in [0.25, 0.3) is 11.8 Å². The molecule has 0 aliphatic heterocycles. The molecular formula is C41H38F3N3O3. The summed E-state index contributed by atoms with van der Waals surface area (Å²) < 4.78 is 39.5. The summed E-state index contributed by atoms with van der Waals surface area (Å²) in [5, 5.41) is 5.78. The van der Waals surface area contributed by atoms with E-state index in [0.29, 0.717) is 37.1 Å². The van der Waals surface area contributed by atoms with Crippen molar-refractivity contribution < 1.29 is 27.6 Å². The molecule has 5 aromatic rings. The Balaban J connectivity index is 1.29. The predicted molar refractivity (Wildman–Crippen MR) is 187 cm³/mol. The Labute approximate surface area is 290 Å². The molecule has 50 heavy (non-hydrogen) atoms. The second-order valence-corrected chi connectivity index (χ2v) is 12.0. The Kier molecular flexibility index (Phi) is 12.3. The van der Waals surface area contributed by atoms with E-state index in [2.05, 4.69) is 10.6 Å². The van der Waals surface area contributed by atoms with Crippen LogP contribution in [-0.4, -0.2) is 35.1 Å². The van der Waals surface area contributed by atoms with Crippen LogP contribution in [0.15, 0.2) is 140 Å². The molecule has 256 valence electrons. The van der Waals surface area contributed by atoms with E-state index in [4.69, 9.17) is 0 Å². The van der Waals surface area contributed by atoms with Gasteiger partial charge in [-0.1, -0.05) is 115 Å². The molecule has 2 N–H and O–H groups in total. The average molecular weight is 678 g/mol. The van der Waals surface area contributed by atoms with Crippen molar-refractivity contribution in [1.82, 2.24) is 15.5 Å². The number of hydrogen-bond acceptors (Lipinski definition) is 4. The minimum absolute atomic E-state index is 0.0433. The SMILES string of the molecule is O=C(N[C@@H](CCc1ccccc1)C(=O)CNCc1cccc(C(F)(F)F)c1)c1cccc(C(=O)N(Cc2ccccc2)Cc2ccccc2)c1. The van der Waals surface area contributed by atoms with Crippen LogP contribution in [-0.2, 0) is 37.0 Å². The van der Waals surface area contributed by atoms with E-state index in [9.17, 15) is 27.6 Å². The number of carbonyl (C=O) groups excluding carboxylic acids is 3. The molecular weight excluding hydrogens is 639 g/mol. The van der Waals surface area contributed by atoms with Crippen molar-refractivity contribution >= 4 is 17.6 Å². The molecule has 0 aliphatic carbocycles. The van der Waals surface area contributed by atoms with Gasteiger partial charge in [0.05, 0.1) is 18.2 Å². The van der Waals surface area contributed by atoms with Crippen LogP contribution in [0.2, 0.25) is 0 Å². The van der Waals surface area contributed by atoms with Crippen LogP contribution in [0, 0.1) is 0 Å². The zero-order valence-electron chi connectivity index (χ0n) is 27.4. The average Bonchev–Trinajstić information content (AvgIpc) is 3.13. The second-order valence-electron chi connectivity index (χ2n) is 12.0. The van der Waals surface area contributed by atoms with Crippen molar-refractivity contribution in [2.75, 3.05) is 6.54 Å². The Bertz CT molecular complexity index is 1820. The van der Waals surface area contributed by atoms with Gasteiger partial charge < -0.3 is 15.5 Å². The largest absolute Gasteiger partial charge is 0.416 e. The molecule has 0 bridgehead atoms. The molecule has 5 rings (SSSR count). The summed E-state index contributed by atoms with van der Waals surface area (Å²) in [6.45, 7) is 0.618. The Morgan fingerprint density at radius 3 is 1.76 bits per heavy atom. The molecule has 0 heterocycles. The fraction of sp³-hybridized carbons (Fsp3) is 0.195. The molecule has 9 heteroatoms. The first kappa shape index (κ1) is 35.8. The maximum atomic E-state index is 13.9. The lowest BCUT2D eigenvalue weighted by Gasteiger charge is -2.24. The summed E-state index contributed by atoms with van der Waals surface area (Å²) >= 11 is 0. The fourth-order valence-corrected chi connectivity index (χ4v) is 5.60. The molecule has 5 aromatic carbocycles. The van der Waals surface area contributed by atoms with E-state index < -0.39 is 23.7 Å². The van der Waals surface area contributed by atoms with Gasteiger partial charge in [-0.05, 0) is 59.4 Å². The van der Waals surface area contributed by atoms with Gasteiger partial charge in [-0.2, -0.15) is 13.2 Å². The monoisotopic (exact) mass is 677 g/mol. The molecule has 0 fully saturated rings. The number of Topliss-reactive ketones (excluding diaryl/α,β-unsaturated/α-hetero) is 1. The summed E-state index contributed by atoms with van der Waals surface area (Å²) in [4.78, 5) is 42.7. The number of ketones is 1. The molecule has 0 radical (unpaired) electrons. The number of carbonyl (C=O) groups is 3. The maximum Gasteiger partial charge on any atom is 0.416 e. The number of hydrogen-bond donors (Lipinski definition) is 2. The third-order valence-electron chi connectivity index (χ3n) is 8.23. The van der Waals surface area contributed by atoms with Gasteiger partial charge >= 0.3 is 6.18 Å². The highest BCUT2D eigenvalue weighted by atomic mass is 19.4. The first-order valence-corrected chi connectivity index (χ1v) is 16.4. The number of aryl methyl sites for hydroxylation is 1. The molecule has 0 spiro atoms. The van der Waals surface area contributed by atoms with Crippen LogP contribution in [0.4, 0.5) is 13.2 Å². The summed E-state index contributed by atoms with van der Waals surface area (Å²) in [5.41, 5.74) is 3.09. The van der Waals surface area contributed by atoms with Crippen LogP contribution in [0.3, 0.4) is 0 Å². The zero-order chi connectivity index (χ0) is 35.3. The van der Waals surface area contributed by atoms with Gasteiger partial charge in [-0.3, -0.25) is 14.4 Å². The number of rotatable bonds is 15. The molecule has 0 aliphatic rings. The highest BCUT2D eigenvalue weighted by Gasteiger charge is 2.30. The minimum atomic E-state index is -4.47. The number of halogens is 3. The van der Waals surface area contributed by atoms with Gasteiger partial charge in [0.15, 0.2) is 5.78 Å². The molecule has 0 aromatic heterocycles. The Morgan fingerprint density at radius 1 is 0.620 bits per heavy atom. The van der Waals surface area contributed by atoms with Gasteiger partial charge in [0.1, 0.15) is 0 Å². The van der Waals surface area contributed by atoms with Crippen molar-refractivity contribution in [3.8, 4) is 0 Å². The van der Waals surface area contributed by atoms with Crippen molar-refractivity contribution in [2.45, 2.75) is 44.7 Å². The number of nitrogens with zero attached hydrogens (tertiary/aromatic N) is 1. The molecule has 0 saturated heterocycles. The van der Waals surface area contributed by atoms with Crippen molar-refractivity contribution in [3.05, 3.63) is 178 Å². The van der Waals surface area contributed by atoms with Gasteiger partial charge in [0, 0.05) is 30.8 Å². The molecule has 0 saturated carbocycles. The maximum absolute atomic E-state index is 13.9. The van der Waals surface area contributed by atoms with Crippen molar-refractivity contribution in [1.29, 1.82) is 0 Å². The normalized spacial score (nSPS) is 11.8. The smallest absolute Gasteiger partial charge is 0.342 e. The quantitative estimate of drug-likeness (QED) is 0.119. The van der Waals surface area contributed by atoms with Crippen molar-refractivity contribution in [2.24, 2.45) is 0 Å².